The van der Waals surface area contributed by atoms with Crippen LogP contribution in [0, 0.1) is 5.82 Å². The number of carbonyl (C=O) groups excluding carboxylic acids is 1. The molecule has 0 spiro atoms. The molecule has 0 aromatic heterocycles. The van der Waals surface area contributed by atoms with Gasteiger partial charge in [-0.3, -0.25) is 4.79 Å². The van der Waals surface area contributed by atoms with Crippen LogP contribution < -0.4 is 14.2 Å². The van der Waals surface area contributed by atoms with Gasteiger partial charge in [0.1, 0.15) is 11.6 Å². The minimum atomic E-state index is -0.452. The number of rotatable bonds is 6. The summed E-state index contributed by atoms with van der Waals surface area (Å²) in [5.41, 5.74) is 0.985. The molecule has 144 valence electrons. The first-order chi connectivity index (χ1) is 13.0. The molecule has 5 nitrogen and oxygen atoms in total. The van der Waals surface area contributed by atoms with Crippen molar-refractivity contribution < 1.29 is 23.4 Å². The molecular weight excluding hydrogens is 373 g/mol. The maximum absolute atomic E-state index is 13.1. The van der Waals surface area contributed by atoms with Gasteiger partial charge in [0.25, 0.3) is 5.91 Å². The van der Waals surface area contributed by atoms with Crippen LogP contribution in [-0.4, -0.2) is 38.2 Å². The zero-order chi connectivity index (χ0) is 19.4. The second-order valence-corrected chi connectivity index (χ2v) is 6.63. The second-order valence-electron chi connectivity index (χ2n) is 6.22. The lowest BCUT2D eigenvalue weighted by Gasteiger charge is -2.26. The van der Waals surface area contributed by atoms with Crippen molar-refractivity contribution in [2.75, 3.05) is 27.4 Å². The summed E-state index contributed by atoms with van der Waals surface area (Å²) in [7, 11) is 3.17. The molecule has 27 heavy (non-hydrogen) atoms. The first-order valence-electron chi connectivity index (χ1n) is 8.62. The van der Waals surface area contributed by atoms with E-state index in [0.29, 0.717) is 18.0 Å². The van der Waals surface area contributed by atoms with Crippen LogP contribution in [0.2, 0.25) is 5.02 Å². The predicted molar refractivity (Wildman–Crippen MR) is 100 cm³/mol. The molecule has 0 bridgehead atoms. The molecule has 1 amide bonds. The predicted octanol–water partition coefficient (Wildman–Crippen LogP) is 4.24. The molecule has 0 saturated carbocycles. The standard InChI is InChI=1S/C20H21ClFNO4/c1-25-18-7-5-13(10-19(18)26-2)16-4-3-9-23(16)20(24)12-27-17-8-6-14(22)11-15(17)21/h5-8,10-11,16H,3-4,9,12H2,1-2H3/t16-/m0/s1. The molecule has 2 aromatic rings. The Morgan fingerprint density at radius 3 is 2.59 bits per heavy atom. The molecule has 7 heteroatoms. The first-order valence-corrected chi connectivity index (χ1v) is 9.00. The SMILES string of the molecule is COc1ccc([C@@H]2CCCN2C(=O)COc2ccc(F)cc2Cl)cc1OC. The maximum Gasteiger partial charge on any atom is 0.261 e. The Morgan fingerprint density at radius 2 is 1.89 bits per heavy atom. The minimum Gasteiger partial charge on any atom is -0.493 e. The molecule has 3 rings (SSSR count). The molecule has 0 unspecified atom stereocenters. The van der Waals surface area contributed by atoms with Crippen LogP contribution in [0.5, 0.6) is 17.2 Å². The lowest BCUT2D eigenvalue weighted by molar-refractivity contribution is -0.134. The highest BCUT2D eigenvalue weighted by atomic mass is 35.5. The fourth-order valence-electron chi connectivity index (χ4n) is 3.29. The van der Waals surface area contributed by atoms with Crippen molar-refractivity contribution in [3.8, 4) is 17.2 Å². The Balaban J connectivity index is 1.71. The van der Waals surface area contributed by atoms with Gasteiger partial charge < -0.3 is 19.1 Å². The number of methoxy groups -OCH3 is 2. The van der Waals surface area contributed by atoms with Crippen molar-refractivity contribution in [1.82, 2.24) is 4.90 Å². The van der Waals surface area contributed by atoms with E-state index in [9.17, 15) is 9.18 Å². The summed E-state index contributed by atoms with van der Waals surface area (Å²) < 4.78 is 29.2. The zero-order valence-electron chi connectivity index (χ0n) is 15.2. The van der Waals surface area contributed by atoms with Crippen LogP contribution in [0.1, 0.15) is 24.4 Å². The van der Waals surface area contributed by atoms with Crippen LogP contribution >= 0.6 is 11.6 Å². The van der Waals surface area contributed by atoms with Crippen molar-refractivity contribution >= 4 is 17.5 Å². The Labute approximate surface area is 162 Å². The molecule has 0 N–H and O–H groups in total. The van der Waals surface area contributed by atoms with Crippen LogP contribution in [0.4, 0.5) is 4.39 Å². The number of halogens is 2. The maximum atomic E-state index is 13.1. The summed E-state index contributed by atoms with van der Waals surface area (Å²) in [6, 6.07) is 9.44. The normalized spacial score (nSPS) is 16.3. The zero-order valence-corrected chi connectivity index (χ0v) is 16.0. The van der Waals surface area contributed by atoms with E-state index < -0.39 is 5.82 Å². The van der Waals surface area contributed by atoms with E-state index in [1.54, 1.807) is 19.1 Å². The summed E-state index contributed by atoms with van der Waals surface area (Å²) in [5, 5.41) is 0.140. The largest absolute Gasteiger partial charge is 0.493 e. The lowest BCUT2D eigenvalue weighted by atomic mass is 10.0. The molecule has 1 aliphatic rings. The molecular formula is C20H21ClFNO4. The van der Waals surface area contributed by atoms with E-state index >= 15 is 0 Å². The molecule has 1 atom stereocenters. The van der Waals surface area contributed by atoms with E-state index in [4.69, 9.17) is 25.8 Å². The molecule has 1 fully saturated rings. The molecule has 2 aromatic carbocycles. The second kappa shape index (κ2) is 8.48. The summed E-state index contributed by atoms with van der Waals surface area (Å²) >= 11 is 5.94. The number of likely N-dealkylation sites (tertiary alicyclic amines) is 1. The first kappa shape index (κ1) is 19.3. The number of nitrogens with zero attached hydrogens (tertiary/aromatic N) is 1. The molecule has 0 aliphatic carbocycles. The van der Waals surface area contributed by atoms with Gasteiger partial charge in [-0.05, 0) is 48.7 Å². The molecule has 1 heterocycles. The highest BCUT2D eigenvalue weighted by Crippen LogP contribution is 2.37. The molecule has 1 saturated heterocycles. The van der Waals surface area contributed by atoms with Crippen LogP contribution in [-0.2, 0) is 4.79 Å². The minimum absolute atomic E-state index is 0.0513. The van der Waals surface area contributed by atoms with E-state index in [2.05, 4.69) is 0 Å². The Hall–Kier alpha value is -2.47. The third-order valence-corrected chi connectivity index (χ3v) is 4.91. The van der Waals surface area contributed by atoms with Gasteiger partial charge in [-0.1, -0.05) is 17.7 Å². The van der Waals surface area contributed by atoms with Crippen molar-refractivity contribution in [3.05, 3.63) is 52.8 Å². The van der Waals surface area contributed by atoms with Gasteiger partial charge in [0.2, 0.25) is 0 Å². The Kier molecular flexibility index (Phi) is 6.06. The van der Waals surface area contributed by atoms with Gasteiger partial charge in [-0.15, -0.1) is 0 Å². The van der Waals surface area contributed by atoms with Crippen LogP contribution in [0.25, 0.3) is 0 Å². The van der Waals surface area contributed by atoms with Gasteiger partial charge >= 0.3 is 0 Å². The van der Waals surface area contributed by atoms with Crippen molar-refractivity contribution in [3.63, 3.8) is 0 Å². The van der Waals surface area contributed by atoms with E-state index in [1.165, 1.54) is 12.1 Å². The van der Waals surface area contributed by atoms with E-state index in [1.807, 2.05) is 18.2 Å². The monoisotopic (exact) mass is 393 g/mol. The van der Waals surface area contributed by atoms with Gasteiger partial charge in [0.05, 0.1) is 25.3 Å². The fraction of sp³-hybridized carbons (Fsp3) is 0.350. The van der Waals surface area contributed by atoms with Crippen LogP contribution in [0.3, 0.4) is 0 Å². The van der Waals surface area contributed by atoms with E-state index in [-0.39, 0.29) is 29.3 Å². The number of hydrogen-bond donors (Lipinski definition) is 0. The Bertz CT molecular complexity index is 830. The number of ether oxygens (including phenoxy) is 3. The summed E-state index contributed by atoms with van der Waals surface area (Å²) in [4.78, 5) is 14.5. The van der Waals surface area contributed by atoms with Gasteiger partial charge in [-0.2, -0.15) is 0 Å². The van der Waals surface area contributed by atoms with Gasteiger partial charge in [-0.25, -0.2) is 4.39 Å². The van der Waals surface area contributed by atoms with Crippen molar-refractivity contribution in [1.29, 1.82) is 0 Å². The average molecular weight is 394 g/mol. The van der Waals surface area contributed by atoms with Crippen LogP contribution in [0.15, 0.2) is 36.4 Å². The smallest absolute Gasteiger partial charge is 0.261 e. The number of amides is 1. The van der Waals surface area contributed by atoms with Crippen molar-refractivity contribution in [2.45, 2.75) is 18.9 Å². The highest BCUT2D eigenvalue weighted by Gasteiger charge is 2.30. The summed E-state index contributed by atoms with van der Waals surface area (Å²) in [6.07, 6.45) is 1.76. The summed E-state index contributed by atoms with van der Waals surface area (Å²) in [5.74, 6) is 0.961. The van der Waals surface area contributed by atoms with Gasteiger partial charge in [0.15, 0.2) is 18.1 Å². The number of carbonyl (C=O) groups is 1. The number of benzene rings is 2. The highest BCUT2D eigenvalue weighted by molar-refractivity contribution is 6.32. The van der Waals surface area contributed by atoms with E-state index in [0.717, 1.165) is 24.5 Å². The topological polar surface area (TPSA) is 48.0 Å². The van der Waals surface area contributed by atoms with Gasteiger partial charge in [0, 0.05) is 6.54 Å². The average Bonchev–Trinajstić information content (AvgIpc) is 3.16. The fourth-order valence-corrected chi connectivity index (χ4v) is 3.51. The third kappa shape index (κ3) is 4.27. The lowest BCUT2D eigenvalue weighted by Crippen LogP contribution is -2.34. The Morgan fingerprint density at radius 1 is 1.15 bits per heavy atom. The number of hydrogen-bond acceptors (Lipinski definition) is 4. The molecule has 1 aliphatic heterocycles. The quantitative estimate of drug-likeness (QED) is 0.736. The summed E-state index contributed by atoms with van der Waals surface area (Å²) in [6.45, 7) is 0.494. The van der Waals surface area contributed by atoms with Crippen molar-refractivity contribution in [2.24, 2.45) is 0 Å². The third-order valence-electron chi connectivity index (χ3n) is 4.61. The molecule has 0 radical (unpaired) electrons.